The van der Waals surface area contributed by atoms with Crippen molar-refractivity contribution in [3.8, 4) is 0 Å². The van der Waals surface area contributed by atoms with Crippen LogP contribution in [0.3, 0.4) is 0 Å². The van der Waals surface area contributed by atoms with Gasteiger partial charge in [0.1, 0.15) is 0 Å². The van der Waals surface area contributed by atoms with Crippen LogP contribution in [0.25, 0.3) is 0 Å². The summed E-state index contributed by atoms with van der Waals surface area (Å²) in [5, 5.41) is 14.4. The Morgan fingerprint density at radius 1 is 1.29 bits per heavy atom. The van der Waals surface area contributed by atoms with E-state index in [0.29, 0.717) is 5.92 Å². The van der Waals surface area contributed by atoms with E-state index in [9.17, 15) is 5.11 Å². The Labute approximate surface area is 103 Å². The molecule has 1 aliphatic heterocycles. The van der Waals surface area contributed by atoms with E-state index in [4.69, 9.17) is 0 Å². The van der Waals surface area contributed by atoms with E-state index >= 15 is 0 Å². The molecule has 0 amide bonds. The van der Waals surface area contributed by atoms with E-state index in [0.717, 1.165) is 32.1 Å². The first kappa shape index (κ1) is 11.1. The van der Waals surface area contributed by atoms with Crippen molar-refractivity contribution in [2.24, 2.45) is 5.92 Å². The molecule has 1 aliphatic carbocycles. The maximum absolute atomic E-state index is 10.8. The summed E-state index contributed by atoms with van der Waals surface area (Å²) in [5.74, 6) is 0.422. The van der Waals surface area contributed by atoms with E-state index in [1.165, 1.54) is 11.3 Å². The third kappa shape index (κ3) is 1.75. The molecule has 0 bridgehead atoms. The summed E-state index contributed by atoms with van der Waals surface area (Å²) in [5.41, 5.74) is 2.11. The number of hydrogen-bond acceptors (Lipinski definition) is 2. The molecule has 0 saturated heterocycles. The first-order valence-electron chi connectivity index (χ1n) is 6.77. The fourth-order valence-electron chi connectivity index (χ4n) is 3.52. The number of aliphatic hydroxyl groups is 1. The number of rotatable bonds is 1. The van der Waals surface area contributed by atoms with Crippen LogP contribution in [0, 0.1) is 5.92 Å². The van der Waals surface area contributed by atoms with Crippen molar-refractivity contribution in [2.45, 2.75) is 50.7 Å². The van der Waals surface area contributed by atoms with Crippen LogP contribution in [0.1, 0.15) is 38.2 Å². The van der Waals surface area contributed by atoms with Crippen molar-refractivity contribution in [1.29, 1.82) is 0 Å². The van der Waals surface area contributed by atoms with E-state index in [-0.39, 0.29) is 6.04 Å². The van der Waals surface area contributed by atoms with Crippen LogP contribution in [-0.2, 0) is 6.42 Å². The Bertz CT molecular complexity index is 417. The lowest BCUT2D eigenvalue weighted by atomic mass is 9.80. The molecule has 1 fully saturated rings. The topological polar surface area (TPSA) is 32.3 Å². The average Bonchev–Trinajstić information content (AvgIpc) is 2.70. The molecule has 92 valence electrons. The van der Waals surface area contributed by atoms with Gasteiger partial charge in [0.15, 0.2) is 0 Å². The van der Waals surface area contributed by atoms with Gasteiger partial charge in [0.05, 0.1) is 11.6 Å². The van der Waals surface area contributed by atoms with E-state index in [1.807, 2.05) is 0 Å². The predicted octanol–water partition coefficient (Wildman–Crippen LogP) is 2.96. The highest BCUT2D eigenvalue weighted by Crippen LogP contribution is 2.42. The van der Waals surface area contributed by atoms with E-state index in [2.05, 4.69) is 36.5 Å². The number of nitrogens with one attached hydrogen (secondary N) is 1. The molecule has 2 nitrogen and oxygen atoms in total. The van der Waals surface area contributed by atoms with Crippen LogP contribution in [0.2, 0.25) is 0 Å². The average molecular weight is 231 g/mol. The third-order valence-corrected chi connectivity index (χ3v) is 4.72. The molecule has 1 saturated carbocycles. The molecular weight excluding hydrogens is 210 g/mol. The van der Waals surface area contributed by atoms with Crippen molar-refractivity contribution in [1.82, 2.24) is 0 Å². The molecule has 1 aromatic carbocycles. The number of anilines is 1. The molecule has 3 rings (SSSR count). The molecule has 2 aliphatic rings. The first-order valence-corrected chi connectivity index (χ1v) is 6.77. The molecule has 3 atom stereocenters. The molecule has 1 aromatic rings. The largest absolute Gasteiger partial charge is 0.387 e. The zero-order chi connectivity index (χ0) is 11.9. The Morgan fingerprint density at radius 3 is 2.88 bits per heavy atom. The van der Waals surface area contributed by atoms with Crippen LogP contribution in [0.5, 0.6) is 0 Å². The standard InChI is InChI=1S/C15H21NO/c1-11-5-4-10-15(11,17)14-9-8-12-6-2-3-7-13(12)16-14/h2-3,6-7,11,14,16-17H,4-5,8-10H2,1H3. The number of aryl methyl sites for hydroxylation is 1. The van der Waals surface area contributed by atoms with Gasteiger partial charge < -0.3 is 10.4 Å². The summed E-state index contributed by atoms with van der Waals surface area (Å²) in [7, 11) is 0. The minimum atomic E-state index is -0.493. The highest BCUT2D eigenvalue weighted by Gasteiger charge is 2.45. The molecular formula is C15H21NO. The molecule has 3 unspecified atom stereocenters. The highest BCUT2D eigenvalue weighted by atomic mass is 16.3. The Kier molecular flexibility index (Phi) is 2.62. The predicted molar refractivity (Wildman–Crippen MR) is 70.1 cm³/mol. The number of benzene rings is 1. The number of hydrogen-bond donors (Lipinski definition) is 2. The molecule has 0 spiro atoms. The first-order chi connectivity index (χ1) is 8.20. The molecule has 2 N–H and O–H groups in total. The molecule has 1 heterocycles. The van der Waals surface area contributed by atoms with E-state index in [1.54, 1.807) is 0 Å². The van der Waals surface area contributed by atoms with Crippen LogP contribution in [0.4, 0.5) is 5.69 Å². The monoisotopic (exact) mass is 231 g/mol. The van der Waals surface area contributed by atoms with Gasteiger partial charge >= 0.3 is 0 Å². The third-order valence-electron chi connectivity index (χ3n) is 4.72. The maximum atomic E-state index is 10.8. The SMILES string of the molecule is CC1CCCC1(O)C1CCc2ccccc2N1. The molecule has 0 aromatic heterocycles. The van der Waals surface area contributed by atoms with Crippen molar-refractivity contribution in [3.05, 3.63) is 29.8 Å². The van der Waals surface area contributed by atoms with E-state index < -0.39 is 5.60 Å². The summed E-state index contributed by atoms with van der Waals surface area (Å²) in [6.45, 7) is 2.19. The van der Waals surface area contributed by atoms with Crippen molar-refractivity contribution < 1.29 is 5.11 Å². The van der Waals surface area contributed by atoms with Crippen LogP contribution < -0.4 is 5.32 Å². The highest BCUT2D eigenvalue weighted by molar-refractivity contribution is 5.54. The van der Waals surface area contributed by atoms with Crippen LogP contribution in [0.15, 0.2) is 24.3 Å². The Morgan fingerprint density at radius 2 is 2.12 bits per heavy atom. The van der Waals surface area contributed by atoms with Crippen molar-refractivity contribution in [2.75, 3.05) is 5.32 Å². The van der Waals surface area contributed by atoms with Gasteiger partial charge in [-0.3, -0.25) is 0 Å². The quantitative estimate of drug-likeness (QED) is 0.779. The molecule has 0 radical (unpaired) electrons. The van der Waals surface area contributed by atoms with Gasteiger partial charge in [0, 0.05) is 5.69 Å². The zero-order valence-electron chi connectivity index (χ0n) is 10.4. The second-order valence-corrected chi connectivity index (χ2v) is 5.68. The minimum absolute atomic E-state index is 0.231. The summed E-state index contributed by atoms with van der Waals surface area (Å²) in [6.07, 6.45) is 5.42. The van der Waals surface area contributed by atoms with Gasteiger partial charge in [0.2, 0.25) is 0 Å². The summed E-state index contributed by atoms with van der Waals surface area (Å²) >= 11 is 0. The Balaban J connectivity index is 1.84. The number of para-hydroxylation sites is 1. The second-order valence-electron chi connectivity index (χ2n) is 5.68. The van der Waals surface area contributed by atoms with Crippen LogP contribution >= 0.6 is 0 Å². The van der Waals surface area contributed by atoms with Gasteiger partial charge in [-0.2, -0.15) is 0 Å². The fraction of sp³-hybridized carbons (Fsp3) is 0.600. The maximum Gasteiger partial charge on any atom is 0.0873 e. The van der Waals surface area contributed by atoms with Crippen molar-refractivity contribution in [3.63, 3.8) is 0 Å². The van der Waals surface area contributed by atoms with Gasteiger partial charge in [-0.25, -0.2) is 0 Å². The lowest BCUT2D eigenvalue weighted by Crippen LogP contribution is -2.50. The summed E-state index contributed by atoms with van der Waals surface area (Å²) in [4.78, 5) is 0. The van der Waals surface area contributed by atoms with Gasteiger partial charge in [-0.1, -0.05) is 31.5 Å². The van der Waals surface area contributed by atoms with Gasteiger partial charge in [0.25, 0.3) is 0 Å². The second kappa shape index (κ2) is 4.02. The Hall–Kier alpha value is -1.02. The lowest BCUT2D eigenvalue weighted by Gasteiger charge is -2.40. The van der Waals surface area contributed by atoms with Crippen LogP contribution in [-0.4, -0.2) is 16.7 Å². The smallest absolute Gasteiger partial charge is 0.0873 e. The molecule has 2 heteroatoms. The van der Waals surface area contributed by atoms with Crippen molar-refractivity contribution >= 4 is 5.69 Å². The number of fused-ring (bicyclic) bond motifs is 1. The lowest BCUT2D eigenvalue weighted by molar-refractivity contribution is -0.0121. The normalized spacial score (nSPS) is 36.4. The minimum Gasteiger partial charge on any atom is -0.387 e. The summed E-state index contributed by atoms with van der Waals surface area (Å²) < 4.78 is 0. The summed E-state index contributed by atoms with van der Waals surface area (Å²) in [6, 6.07) is 8.70. The zero-order valence-corrected chi connectivity index (χ0v) is 10.4. The van der Waals surface area contributed by atoms with Gasteiger partial charge in [-0.15, -0.1) is 0 Å². The van der Waals surface area contributed by atoms with Gasteiger partial charge in [-0.05, 0) is 43.2 Å². The molecule has 17 heavy (non-hydrogen) atoms. The fourth-order valence-corrected chi connectivity index (χ4v) is 3.52.